The highest BCUT2D eigenvalue weighted by Gasteiger charge is 2.61. The van der Waals surface area contributed by atoms with Crippen LogP contribution in [0.1, 0.15) is 57.0 Å². The molecule has 3 aromatic rings. The van der Waals surface area contributed by atoms with Gasteiger partial charge < -0.3 is 15.1 Å². The molecule has 1 spiro atoms. The number of carbonyl (C=O) groups excluding carboxylic acids is 2. The SMILES string of the molecule is CC(C)C1N(C(=S)NC(C)(C)C)CCC12C(=O)N(c1cccc(-c3ccc(C(=O)N(C)C)c(Cl)c3)c1)c1ccccc12. The van der Waals surface area contributed by atoms with E-state index in [4.69, 9.17) is 23.8 Å². The minimum atomic E-state index is -0.720. The molecule has 2 aliphatic rings. The number of likely N-dealkylation sites (tertiary alicyclic amines) is 1. The minimum absolute atomic E-state index is 0.0746. The van der Waals surface area contributed by atoms with E-state index in [0.29, 0.717) is 28.7 Å². The van der Waals surface area contributed by atoms with Gasteiger partial charge in [0.05, 0.1) is 27.7 Å². The van der Waals surface area contributed by atoms with Crippen LogP contribution in [0.4, 0.5) is 11.4 Å². The van der Waals surface area contributed by atoms with Crippen molar-refractivity contribution in [3.05, 3.63) is 82.9 Å². The molecule has 1 saturated heterocycles. The number of anilines is 2. The fourth-order valence-corrected chi connectivity index (χ4v) is 7.36. The first-order valence-electron chi connectivity index (χ1n) is 14.4. The van der Waals surface area contributed by atoms with Crippen LogP contribution < -0.4 is 10.2 Å². The standard InChI is InChI=1S/C34H39ClN4O2S/c1-21(2)29-34(17-18-38(29)32(42)36-33(3,4)5)26-13-8-9-14-28(26)39(31(34)41)24-12-10-11-22(19-24)23-15-16-25(27(35)20-23)30(40)37(6)7/h8-16,19-21,29H,17-18H2,1-7H3,(H,36,42). The lowest BCUT2D eigenvalue weighted by Gasteiger charge is -2.40. The Morgan fingerprint density at radius 1 is 1.05 bits per heavy atom. The molecule has 1 fully saturated rings. The number of fused-ring (bicyclic) bond motifs is 2. The summed E-state index contributed by atoms with van der Waals surface area (Å²) in [7, 11) is 3.41. The van der Waals surface area contributed by atoms with Gasteiger partial charge in [-0.25, -0.2) is 0 Å². The molecule has 0 aliphatic carbocycles. The van der Waals surface area contributed by atoms with E-state index >= 15 is 0 Å². The highest BCUT2D eigenvalue weighted by molar-refractivity contribution is 7.80. The van der Waals surface area contributed by atoms with E-state index in [2.05, 4.69) is 50.9 Å². The molecular weight excluding hydrogens is 564 g/mol. The minimum Gasteiger partial charge on any atom is -0.358 e. The van der Waals surface area contributed by atoms with Gasteiger partial charge in [-0.05, 0) is 92.4 Å². The lowest BCUT2D eigenvalue weighted by Crippen LogP contribution is -2.56. The van der Waals surface area contributed by atoms with Gasteiger partial charge in [0.2, 0.25) is 5.91 Å². The van der Waals surface area contributed by atoms with E-state index < -0.39 is 5.41 Å². The number of hydrogen-bond acceptors (Lipinski definition) is 3. The summed E-state index contributed by atoms with van der Waals surface area (Å²) < 4.78 is 0. The molecule has 2 aliphatic heterocycles. The van der Waals surface area contributed by atoms with E-state index in [1.165, 1.54) is 4.90 Å². The third kappa shape index (κ3) is 5.07. The number of halogens is 1. The zero-order chi connectivity index (χ0) is 30.6. The molecule has 2 heterocycles. The topological polar surface area (TPSA) is 55.9 Å². The quantitative estimate of drug-likeness (QED) is 0.325. The highest BCUT2D eigenvalue weighted by atomic mass is 35.5. The number of benzene rings is 3. The molecule has 0 bridgehead atoms. The molecule has 6 nitrogen and oxygen atoms in total. The maximum absolute atomic E-state index is 14.8. The normalized spacial score (nSPS) is 19.9. The van der Waals surface area contributed by atoms with Gasteiger partial charge in [-0.1, -0.05) is 61.8 Å². The zero-order valence-corrected chi connectivity index (χ0v) is 26.9. The second-order valence-corrected chi connectivity index (χ2v) is 13.7. The van der Waals surface area contributed by atoms with Crippen LogP contribution in [0.2, 0.25) is 5.02 Å². The molecule has 2 unspecified atom stereocenters. The van der Waals surface area contributed by atoms with Crippen LogP contribution in [-0.4, -0.2) is 58.9 Å². The third-order valence-electron chi connectivity index (χ3n) is 8.22. The summed E-state index contributed by atoms with van der Waals surface area (Å²) in [6.07, 6.45) is 0.685. The smallest absolute Gasteiger partial charge is 0.254 e. The van der Waals surface area contributed by atoms with Crippen LogP contribution in [0.15, 0.2) is 66.7 Å². The molecule has 2 amide bonds. The predicted molar refractivity (Wildman–Crippen MR) is 176 cm³/mol. The molecule has 0 aromatic heterocycles. The Bertz CT molecular complexity index is 1560. The van der Waals surface area contributed by atoms with Gasteiger partial charge in [0, 0.05) is 31.9 Å². The fraction of sp³-hybridized carbons (Fsp3) is 0.382. The number of rotatable bonds is 4. The van der Waals surface area contributed by atoms with Gasteiger partial charge in [0.15, 0.2) is 5.11 Å². The maximum Gasteiger partial charge on any atom is 0.254 e. The number of nitrogens with one attached hydrogen (secondary N) is 1. The van der Waals surface area contributed by atoms with E-state index in [9.17, 15) is 9.59 Å². The first-order chi connectivity index (χ1) is 19.8. The van der Waals surface area contributed by atoms with Crippen LogP contribution in [0, 0.1) is 5.92 Å². The summed E-state index contributed by atoms with van der Waals surface area (Å²) in [5.41, 5.74) is 4.09. The zero-order valence-electron chi connectivity index (χ0n) is 25.4. The van der Waals surface area contributed by atoms with Crippen LogP contribution in [0.3, 0.4) is 0 Å². The highest BCUT2D eigenvalue weighted by Crippen LogP contribution is 2.54. The average molecular weight is 603 g/mol. The third-order valence-corrected chi connectivity index (χ3v) is 8.86. The number of thiocarbonyl (C=S) groups is 1. The van der Waals surface area contributed by atoms with Crippen molar-refractivity contribution in [3.8, 4) is 11.1 Å². The van der Waals surface area contributed by atoms with Crippen molar-refractivity contribution < 1.29 is 9.59 Å². The van der Waals surface area contributed by atoms with Crippen LogP contribution in [0.25, 0.3) is 11.1 Å². The van der Waals surface area contributed by atoms with Crippen LogP contribution in [0.5, 0.6) is 0 Å². The largest absolute Gasteiger partial charge is 0.358 e. The average Bonchev–Trinajstić information content (AvgIpc) is 3.45. The van der Waals surface area contributed by atoms with Gasteiger partial charge in [0.25, 0.3) is 5.91 Å². The summed E-state index contributed by atoms with van der Waals surface area (Å²) >= 11 is 12.5. The lowest BCUT2D eigenvalue weighted by atomic mass is 9.71. The number of nitrogens with zero attached hydrogens (tertiary/aromatic N) is 3. The summed E-state index contributed by atoms with van der Waals surface area (Å²) in [6.45, 7) is 11.4. The van der Waals surface area contributed by atoms with E-state index in [-0.39, 0.29) is 29.3 Å². The van der Waals surface area contributed by atoms with Crippen LogP contribution >= 0.6 is 23.8 Å². The number of carbonyl (C=O) groups is 2. The van der Waals surface area contributed by atoms with Crippen molar-refractivity contribution in [3.63, 3.8) is 0 Å². The van der Waals surface area contributed by atoms with Crippen molar-refractivity contribution in [2.45, 2.75) is 58.0 Å². The Morgan fingerprint density at radius 3 is 2.38 bits per heavy atom. The second-order valence-electron chi connectivity index (χ2n) is 12.9. The van der Waals surface area contributed by atoms with Gasteiger partial charge in [0.1, 0.15) is 0 Å². The molecule has 0 saturated carbocycles. The van der Waals surface area contributed by atoms with Gasteiger partial charge in [-0.2, -0.15) is 0 Å². The van der Waals surface area contributed by atoms with Crippen molar-refractivity contribution in [1.82, 2.24) is 15.1 Å². The molecule has 3 aromatic carbocycles. The number of hydrogen-bond donors (Lipinski definition) is 1. The van der Waals surface area contributed by atoms with Gasteiger partial charge in [-0.15, -0.1) is 0 Å². The van der Waals surface area contributed by atoms with E-state index in [0.717, 1.165) is 28.1 Å². The summed E-state index contributed by atoms with van der Waals surface area (Å²) in [5, 5.41) is 4.56. The first-order valence-corrected chi connectivity index (χ1v) is 15.2. The summed E-state index contributed by atoms with van der Waals surface area (Å²) in [6, 6.07) is 21.5. The van der Waals surface area contributed by atoms with Crippen LogP contribution in [-0.2, 0) is 10.2 Å². The van der Waals surface area contributed by atoms with Crippen molar-refractivity contribution in [1.29, 1.82) is 0 Å². The monoisotopic (exact) mass is 602 g/mol. The lowest BCUT2D eigenvalue weighted by molar-refractivity contribution is -0.123. The molecular formula is C34H39ClN4O2S. The molecule has 1 N–H and O–H groups in total. The Kier molecular flexibility index (Phi) is 7.88. The van der Waals surface area contributed by atoms with Crippen molar-refractivity contribution >= 4 is 52.1 Å². The Labute approximate surface area is 259 Å². The van der Waals surface area contributed by atoms with Crippen molar-refractivity contribution in [2.24, 2.45) is 5.92 Å². The molecule has 8 heteroatoms. The maximum atomic E-state index is 14.8. The molecule has 220 valence electrons. The first kappa shape index (κ1) is 30.1. The Hall–Kier alpha value is -3.42. The predicted octanol–water partition coefficient (Wildman–Crippen LogP) is 7.03. The molecule has 2 atom stereocenters. The van der Waals surface area contributed by atoms with E-state index in [1.807, 2.05) is 59.5 Å². The molecule has 5 rings (SSSR count). The Morgan fingerprint density at radius 2 is 1.74 bits per heavy atom. The fourth-order valence-electron chi connectivity index (χ4n) is 6.59. The molecule has 42 heavy (non-hydrogen) atoms. The molecule has 0 radical (unpaired) electrons. The second kappa shape index (κ2) is 11.0. The van der Waals surface area contributed by atoms with Gasteiger partial charge in [-0.3, -0.25) is 14.5 Å². The number of para-hydroxylation sites is 1. The van der Waals surface area contributed by atoms with E-state index in [1.54, 1.807) is 20.2 Å². The van der Waals surface area contributed by atoms with Crippen molar-refractivity contribution in [2.75, 3.05) is 25.5 Å². The number of amides is 2. The summed E-state index contributed by atoms with van der Waals surface area (Å²) in [5.74, 6) is 0.110. The summed E-state index contributed by atoms with van der Waals surface area (Å²) in [4.78, 5) is 32.9. The Balaban J connectivity index is 1.56. The van der Waals surface area contributed by atoms with Gasteiger partial charge >= 0.3 is 0 Å².